The Morgan fingerprint density at radius 1 is 1.26 bits per heavy atom. The summed E-state index contributed by atoms with van der Waals surface area (Å²) in [4.78, 5) is 6.44. The zero-order chi connectivity index (χ0) is 14.4. The van der Waals surface area contributed by atoms with Gasteiger partial charge in [-0.15, -0.1) is 0 Å². The number of aliphatic imine (C=N–C) groups is 1. The van der Waals surface area contributed by atoms with Crippen LogP contribution in [0.4, 0.5) is 0 Å². The molecule has 0 bridgehead atoms. The van der Waals surface area contributed by atoms with Crippen LogP contribution in [0, 0.1) is 0 Å². The topological polar surface area (TPSA) is 41.6 Å². The van der Waals surface area contributed by atoms with E-state index in [4.69, 9.17) is 28.9 Å². The summed E-state index contributed by atoms with van der Waals surface area (Å²) in [5.41, 5.74) is 6.88. The number of nitrogens with zero attached hydrogens (tertiary/aromatic N) is 2. The van der Waals surface area contributed by atoms with Gasteiger partial charge in [0.05, 0.1) is 0 Å². The molecule has 2 N–H and O–H groups in total. The van der Waals surface area contributed by atoms with E-state index in [9.17, 15) is 0 Å². The van der Waals surface area contributed by atoms with Gasteiger partial charge in [0.2, 0.25) is 0 Å². The Hall–Kier alpha value is -0.930. The first-order valence-electron chi connectivity index (χ1n) is 6.50. The quantitative estimate of drug-likeness (QED) is 0.665. The van der Waals surface area contributed by atoms with Crippen LogP contribution in [0.1, 0.15) is 32.3 Å². The summed E-state index contributed by atoms with van der Waals surface area (Å²) in [7, 11) is 0. The van der Waals surface area contributed by atoms with Gasteiger partial charge in [0.1, 0.15) is 0 Å². The van der Waals surface area contributed by atoms with Crippen LogP contribution in [0.25, 0.3) is 0 Å². The largest absolute Gasteiger partial charge is 0.370 e. The summed E-state index contributed by atoms with van der Waals surface area (Å²) in [5, 5.41) is 1.35. The van der Waals surface area contributed by atoms with E-state index in [1.807, 2.05) is 30.0 Å². The highest BCUT2D eigenvalue weighted by Crippen LogP contribution is 2.31. The molecule has 0 amide bonds. The standard InChI is InChI=1S/C14H21Cl2N3/c1-4-19(5-2)14(17)18-9-10(3)13-11(15)7-6-8-12(13)16/h6-8,10H,4-5,9H2,1-3H3,(H2,17,18). The average molecular weight is 302 g/mol. The van der Waals surface area contributed by atoms with Crippen molar-refractivity contribution in [3.05, 3.63) is 33.8 Å². The third-order valence-corrected chi connectivity index (χ3v) is 3.77. The second-order valence-corrected chi connectivity index (χ2v) is 5.22. The van der Waals surface area contributed by atoms with Gasteiger partial charge in [0.15, 0.2) is 5.96 Å². The van der Waals surface area contributed by atoms with E-state index in [1.165, 1.54) is 0 Å². The van der Waals surface area contributed by atoms with Crippen LogP contribution in [0.3, 0.4) is 0 Å². The molecule has 0 radical (unpaired) electrons. The molecule has 0 spiro atoms. The molecule has 106 valence electrons. The Morgan fingerprint density at radius 2 is 1.79 bits per heavy atom. The Kier molecular flexibility index (Phi) is 6.46. The number of hydrogen-bond donors (Lipinski definition) is 1. The molecule has 1 aromatic rings. The minimum absolute atomic E-state index is 0.135. The molecule has 1 unspecified atom stereocenters. The normalized spacial score (nSPS) is 13.4. The second-order valence-electron chi connectivity index (χ2n) is 4.41. The molecule has 1 aromatic carbocycles. The summed E-state index contributed by atoms with van der Waals surface area (Å²) < 4.78 is 0. The SMILES string of the molecule is CCN(CC)C(N)=NCC(C)c1c(Cl)cccc1Cl. The fraction of sp³-hybridized carbons (Fsp3) is 0.500. The van der Waals surface area contributed by atoms with Crippen molar-refractivity contribution in [1.29, 1.82) is 0 Å². The molecule has 0 aliphatic rings. The number of hydrogen-bond acceptors (Lipinski definition) is 1. The van der Waals surface area contributed by atoms with Gasteiger partial charge in [-0.05, 0) is 31.5 Å². The van der Waals surface area contributed by atoms with Crippen molar-refractivity contribution in [2.24, 2.45) is 10.7 Å². The van der Waals surface area contributed by atoms with Crippen LogP contribution in [0.15, 0.2) is 23.2 Å². The molecule has 0 aliphatic heterocycles. The van der Waals surface area contributed by atoms with Crippen LogP contribution >= 0.6 is 23.2 Å². The second kappa shape index (κ2) is 7.61. The lowest BCUT2D eigenvalue weighted by Crippen LogP contribution is -2.37. The first-order valence-corrected chi connectivity index (χ1v) is 7.25. The molecule has 0 fully saturated rings. The Balaban J connectivity index is 2.80. The minimum atomic E-state index is 0.135. The van der Waals surface area contributed by atoms with Crippen molar-refractivity contribution in [3.8, 4) is 0 Å². The molecular formula is C14H21Cl2N3. The molecule has 0 saturated carbocycles. The molecule has 0 saturated heterocycles. The number of rotatable bonds is 5. The van der Waals surface area contributed by atoms with Crippen LogP contribution in [0.2, 0.25) is 10.0 Å². The van der Waals surface area contributed by atoms with Crippen LogP contribution in [-0.4, -0.2) is 30.5 Å². The predicted octanol–water partition coefficient (Wildman–Crippen LogP) is 3.75. The van der Waals surface area contributed by atoms with Gasteiger partial charge < -0.3 is 10.6 Å². The highest BCUT2D eigenvalue weighted by Gasteiger charge is 2.13. The monoisotopic (exact) mass is 301 g/mol. The molecule has 19 heavy (non-hydrogen) atoms. The van der Waals surface area contributed by atoms with E-state index in [0.717, 1.165) is 18.7 Å². The van der Waals surface area contributed by atoms with Gasteiger partial charge in [-0.25, -0.2) is 0 Å². The van der Waals surface area contributed by atoms with Gasteiger partial charge in [0, 0.05) is 35.6 Å². The third-order valence-electron chi connectivity index (χ3n) is 3.11. The van der Waals surface area contributed by atoms with Gasteiger partial charge in [0.25, 0.3) is 0 Å². The zero-order valence-corrected chi connectivity index (χ0v) is 13.2. The number of nitrogens with two attached hydrogens (primary N) is 1. The highest BCUT2D eigenvalue weighted by molar-refractivity contribution is 6.36. The molecular weight excluding hydrogens is 281 g/mol. The fourth-order valence-corrected chi connectivity index (χ4v) is 2.72. The summed E-state index contributed by atoms with van der Waals surface area (Å²) in [6.07, 6.45) is 0. The van der Waals surface area contributed by atoms with E-state index in [0.29, 0.717) is 22.5 Å². The average Bonchev–Trinajstić information content (AvgIpc) is 2.37. The summed E-state index contributed by atoms with van der Waals surface area (Å²) in [6, 6.07) is 5.53. The Bertz CT molecular complexity index is 422. The van der Waals surface area contributed by atoms with Crippen molar-refractivity contribution < 1.29 is 0 Å². The minimum Gasteiger partial charge on any atom is -0.370 e. The maximum Gasteiger partial charge on any atom is 0.191 e. The van der Waals surface area contributed by atoms with Crippen LogP contribution < -0.4 is 5.73 Å². The van der Waals surface area contributed by atoms with Crippen molar-refractivity contribution in [2.45, 2.75) is 26.7 Å². The van der Waals surface area contributed by atoms with E-state index >= 15 is 0 Å². The van der Waals surface area contributed by atoms with Crippen LogP contribution in [-0.2, 0) is 0 Å². The molecule has 1 atom stereocenters. The molecule has 3 nitrogen and oxygen atoms in total. The number of halogens is 2. The summed E-state index contributed by atoms with van der Waals surface area (Å²) in [6.45, 7) is 8.44. The molecule has 0 aliphatic carbocycles. The Labute approximate surface area is 125 Å². The molecule has 5 heteroatoms. The molecule has 0 aromatic heterocycles. The van der Waals surface area contributed by atoms with Crippen molar-refractivity contribution >= 4 is 29.2 Å². The van der Waals surface area contributed by atoms with Gasteiger partial charge in [-0.1, -0.05) is 36.2 Å². The maximum absolute atomic E-state index is 6.18. The fourth-order valence-electron chi connectivity index (χ4n) is 1.95. The van der Waals surface area contributed by atoms with E-state index in [1.54, 1.807) is 0 Å². The van der Waals surface area contributed by atoms with E-state index in [2.05, 4.69) is 18.8 Å². The van der Waals surface area contributed by atoms with Crippen molar-refractivity contribution in [3.63, 3.8) is 0 Å². The maximum atomic E-state index is 6.18. The lowest BCUT2D eigenvalue weighted by molar-refractivity contribution is 0.457. The smallest absolute Gasteiger partial charge is 0.191 e. The zero-order valence-electron chi connectivity index (χ0n) is 11.7. The lowest BCUT2D eigenvalue weighted by atomic mass is 10.0. The Morgan fingerprint density at radius 3 is 2.26 bits per heavy atom. The van der Waals surface area contributed by atoms with Crippen molar-refractivity contribution in [1.82, 2.24) is 4.90 Å². The third kappa shape index (κ3) is 4.29. The first-order chi connectivity index (χ1) is 9.01. The lowest BCUT2D eigenvalue weighted by Gasteiger charge is -2.20. The summed E-state index contributed by atoms with van der Waals surface area (Å²) >= 11 is 12.4. The molecule has 0 heterocycles. The highest BCUT2D eigenvalue weighted by atomic mass is 35.5. The first kappa shape index (κ1) is 16.1. The number of guanidine groups is 1. The molecule has 1 rings (SSSR count). The van der Waals surface area contributed by atoms with Gasteiger partial charge >= 0.3 is 0 Å². The van der Waals surface area contributed by atoms with E-state index < -0.39 is 0 Å². The number of benzene rings is 1. The van der Waals surface area contributed by atoms with E-state index in [-0.39, 0.29) is 5.92 Å². The van der Waals surface area contributed by atoms with Gasteiger partial charge in [-0.2, -0.15) is 0 Å². The van der Waals surface area contributed by atoms with Crippen molar-refractivity contribution in [2.75, 3.05) is 19.6 Å². The summed E-state index contributed by atoms with van der Waals surface area (Å²) in [5.74, 6) is 0.704. The predicted molar refractivity (Wildman–Crippen MR) is 84.3 cm³/mol. The van der Waals surface area contributed by atoms with Crippen LogP contribution in [0.5, 0.6) is 0 Å². The van der Waals surface area contributed by atoms with Gasteiger partial charge in [-0.3, -0.25) is 4.99 Å².